The average molecular weight is 240 g/mol. The molecule has 0 aromatic carbocycles. The Morgan fingerprint density at radius 2 is 1.94 bits per heavy atom. The smallest absolute Gasteiger partial charge is 0.302 e. The van der Waals surface area contributed by atoms with Crippen molar-refractivity contribution in [3.8, 4) is 0 Å². The quantitative estimate of drug-likeness (QED) is 0.337. The Morgan fingerprint density at radius 3 is 2.53 bits per heavy atom. The monoisotopic (exact) mass is 240 g/mol. The summed E-state index contributed by atoms with van der Waals surface area (Å²) < 4.78 is 4.88. The van der Waals surface area contributed by atoms with Gasteiger partial charge in [-0.05, 0) is 31.1 Å². The predicted molar refractivity (Wildman–Crippen MR) is 72.9 cm³/mol. The highest BCUT2D eigenvalue weighted by Gasteiger charge is 2.11. The first-order valence-electron chi connectivity index (χ1n) is 6.79. The maximum absolute atomic E-state index is 10.5. The van der Waals surface area contributed by atoms with E-state index in [0.717, 1.165) is 19.3 Å². The van der Waals surface area contributed by atoms with Gasteiger partial charge in [0.05, 0.1) is 6.61 Å². The molecule has 0 unspecified atom stereocenters. The third kappa shape index (κ3) is 11.5. The van der Waals surface area contributed by atoms with E-state index in [0.29, 0.717) is 12.0 Å². The van der Waals surface area contributed by atoms with Gasteiger partial charge in [-0.15, -0.1) is 0 Å². The van der Waals surface area contributed by atoms with E-state index in [1.54, 1.807) is 0 Å². The Labute approximate surface area is 106 Å². The molecule has 0 aliphatic rings. The van der Waals surface area contributed by atoms with E-state index < -0.39 is 0 Å². The molecule has 0 aromatic rings. The Hall–Kier alpha value is -0.790. The van der Waals surface area contributed by atoms with Crippen LogP contribution in [-0.4, -0.2) is 12.6 Å². The largest absolute Gasteiger partial charge is 0.466 e. The summed E-state index contributed by atoms with van der Waals surface area (Å²) in [5, 5.41) is 0. The van der Waals surface area contributed by atoms with Crippen molar-refractivity contribution < 1.29 is 9.53 Å². The lowest BCUT2D eigenvalue weighted by molar-refractivity contribution is -0.141. The van der Waals surface area contributed by atoms with Crippen LogP contribution in [0.3, 0.4) is 0 Å². The highest BCUT2D eigenvalue weighted by molar-refractivity contribution is 5.65. The van der Waals surface area contributed by atoms with Crippen molar-refractivity contribution >= 4 is 5.97 Å². The van der Waals surface area contributed by atoms with Gasteiger partial charge >= 0.3 is 5.97 Å². The Bertz CT molecular complexity index is 229. The van der Waals surface area contributed by atoms with E-state index in [-0.39, 0.29) is 5.97 Å². The van der Waals surface area contributed by atoms with Crippen LogP contribution in [0.4, 0.5) is 0 Å². The fourth-order valence-corrected chi connectivity index (χ4v) is 1.70. The van der Waals surface area contributed by atoms with Crippen LogP contribution in [0.5, 0.6) is 0 Å². The van der Waals surface area contributed by atoms with Gasteiger partial charge in [-0.1, -0.05) is 45.8 Å². The molecule has 100 valence electrons. The highest BCUT2D eigenvalue weighted by atomic mass is 16.5. The molecule has 0 N–H and O–H groups in total. The Balaban J connectivity index is 3.55. The molecule has 0 amide bonds. The van der Waals surface area contributed by atoms with Crippen LogP contribution in [0.15, 0.2) is 12.2 Å². The van der Waals surface area contributed by atoms with Crippen molar-refractivity contribution in [1.82, 2.24) is 0 Å². The van der Waals surface area contributed by atoms with Crippen molar-refractivity contribution in [3.05, 3.63) is 12.2 Å². The summed E-state index contributed by atoms with van der Waals surface area (Å²) >= 11 is 0. The van der Waals surface area contributed by atoms with Crippen LogP contribution in [-0.2, 0) is 9.53 Å². The standard InChI is InChI=1S/C15H28O2/c1-5-6-11-15(3,4)12-9-7-8-10-13-17-14(2)16/h9,12H,5-8,10-11,13H2,1-4H3/b12-9+. The molecule has 0 rings (SSSR count). The minimum absolute atomic E-state index is 0.179. The summed E-state index contributed by atoms with van der Waals surface area (Å²) in [7, 11) is 0. The van der Waals surface area contributed by atoms with E-state index in [4.69, 9.17) is 4.74 Å². The highest BCUT2D eigenvalue weighted by Crippen LogP contribution is 2.25. The third-order valence-electron chi connectivity index (χ3n) is 2.81. The lowest BCUT2D eigenvalue weighted by Gasteiger charge is -2.19. The maximum Gasteiger partial charge on any atom is 0.302 e. The molecule has 2 heteroatoms. The summed E-state index contributed by atoms with van der Waals surface area (Å²) in [5.41, 5.74) is 0.325. The zero-order chi connectivity index (χ0) is 13.1. The van der Waals surface area contributed by atoms with Crippen molar-refractivity contribution in [2.75, 3.05) is 6.61 Å². The fourth-order valence-electron chi connectivity index (χ4n) is 1.70. The lowest BCUT2D eigenvalue weighted by atomic mass is 9.86. The molecule has 0 bridgehead atoms. The van der Waals surface area contributed by atoms with Crippen LogP contribution in [0, 0.1) is 5.41 Å². The van der Waals surface area contributed by atoms with Gasteiger partial charge in [0.25, 0.3) is 0 Å². The van der Waals surface area contributed by atoms with Crippen LogP contribution >= 0.6 is 0 Å². The van der Waals surface area contributed by atoms with Crippen molar-refractivity contribution in [2.45, 2.75) is 66.2 Å². The van der Waals surface area contributed by atoms with Gasteiger partial charge in [-0.3, -0.25) is 4.79 Å². The molecule has 0 radical (unpaired) electrons. The first kappa shape index (κ1) is 16.2. The van der Waals surface area contributed by atoms with Gasteiger partial charge in [0.15, 0.2) is 0 Å². The molecule has 0 saturated carbocycles. The topological polar surface area (TPSA) is 26.3 Å². The molecule has 17 heavy (non-hydrogen) atoms. The molecular weight excluding hydrogens is 212 g/mol. The molecule has 2 nitrogen and oxygen atoms in total. The summed E-state index contributed by atoms with van der Waals surface area (Å²) in [4.78, 5) is 10.5. The normalized spacial score (nSPS) is 12.0. The molecule has 0 aliphatic carbocycles. The van der Waals surface area contributed by atoms with Gasteiger partial charge in [-0.2, -0.15) is 0 Å². The number of hydrogen-bond donors (Lipinski definition) is 0. The number of allylic oxidation sites excluding steroid dienone is 2. The second kappa shape index (κ2) is 9.26. The number of esters is 1. The summed E-state index contributed by atoms with van der Waals surface area (Å²) in [6, 6.07) is 0. The molecule has 0 fully saturated rings. The number of unbranched alkanes of at least 4 members (excludes halogenated alkanes) is 3. The van der Waals surface area contributed by atoms with Crippen molar-refractivity contribution in [2.24, 2.45) is 5.41 Å². The van der Waals surface area contributed by atoms with Gasteiger partial charge in [0, 0.05) is 6.92 Å². The second-order valence-corrected chi connectivity index (χ2v) is 5.33. The molecule has 0 atom stereocenters. The molecular formula is C15H28O2. The molecule has 0 aliphatic heterocycles. The summed E-state index contributed by atoms with van der Waals surface area (Å²) in [6.45, 7) is 8.82. The zero-order valence-corrected chi connectivity index (χ0v) is 11.9. The number of carbonyl (C=O) groups is 1. The van der Waals surface area contributed by atoms with E-state index >= 15 is 0 Å². The van der Waals surface area contributed by atoms with Gasteiger partial charge in [-0.25, -0.2) is 0 Å². The maximum atomic E-state index is 10.5. The van der Waals surface area contributed by atoms with Gasteiger partial charge in [0.1, 0.15) is 0 Å². The van der Waals surface area contributed by atoms with Crippen molar-refractivity contribution in [3.63, 3.8) is 0 Å². The molecule has 0 heterocycles. The number of rotatable bonds is 9. The van der Waals surface area contributed by atoms with Crippen LogP contribution in [0.25, 0.3) is 0 Å². The van der Waals surface area contributed by atoms with E-state index in [2.05, 4.69) is 32.9 Å². The number of hydrogen-bond acceptors (Lipinski definition) is 2. The summed E-state index contributed by atoms with van der Waals surface area (Å²) in [5.74, 6) is -0.179. The Morgan fingerprint density at radius 1 is 1.24 bits per heavy atom. The van der Waals surface area contributed by atoms with Gasteiger partial charge < -0.3 is 4.74 Å². The SMILES string of the molecule is CCCCC(C)(C)/C=C/CCCCOC(C)=O. The van der Waals surface area contributed by atoms with E-state index in [9.17, 15) is 4.79 Å². The Kier molecular flexibility index (Phi) is 8.83. The third-order valence-corrected chi connectivity index (χ3v) is 2.81. The molecule has 0 aromatic heterocycles. The number of carbonyl (C=O) groups excluding carboxylic acids is 1. The minimum Gasteiger partial charge on any atom is -0.466 e. The fraction of sp³-hybridized carbons (Fsp3) is 0.800. The lowest BCUT2D eigenvalue weighted by Crippen LogP contribution is -2.06. The van der Waals surface area contributed by atoms with E-state index in [1.807, 2.05) is 0 Å². The van der Waals surface area contributed by atoms with Crippen LogP contribution < -0.4 is 0 Å². The van der Waals surface area contributed by atoms with Crippen molar-refractivity contribution in [1.29, 1.82) is 0 Å². The van der Waals surface area contributed by atoms with E-state index in [1.165, 1.54) is 26.2 Å². The molecule has 0 saturated heterocycles. The first-order valence-corrected chi connectivity index (χ1v) is 6.79. The first-order chi connectivity index (χ1) is 7.98. The van der Waals surface area contributed by atoms with Crippen LogP contribution in [0.1, 0.15) is 66.2 Å². The minimum atomic E-state index is -0.179. The summed E-state index contributed by atoms with van der Waals surface area (Å²) in [6.07, 6.45) is 11.5. The zero-order valence-electron chi connectivity index (χ0n) is 11.9. The second-order valence-electron chi connectivity index (χ2n) is 5.33. The predicted octanol–water partition coefficient (Wildman–Crippen LogP) is 4.49. The van der Waals surface area contributed by atoms with Crippen LogP contribution in [0.2, 0.25) is 0 Å². The van der Waals surface area contributed by atoms with Gasteiger partial charge in [0.2, 0.25) is 0 Å². The average Bonchev–Trinajstić information content (AvgIpc) is 2.24. The molecule has 0 spiro atoms. The number of ether oxygens (including phenoxy) is 1.